The number of carbonyl (C=O) groups excluding carboxylic acids is 1. The highest BCUT2D eigenvalue weighted by Crippen LogP contribution is 2.34. The Morgan fingerprint density at radius 3 is 2.42 bits per heavy atom. The van der Waals surface area contributed by atoms with Gasteiger partial charge in [-0.25, -0.2) is 8.78 Å². The van der Waals surface area contributed by atoms with E-state index in [9.17, 15) is 22.4 Å². The molecule has 278 valence electrons. The SMILES string of the molecule is [2H]c1c([2H])c(F)c(F)c(CSc2c([2H])c(=O)c3c([2H])c([2H])c([2H])c([2H])c3n2CC(=O)N(Cc2c([2H])c([2H])c(-c3c([2H])c([2H])c(C(F)(F)F)c(C)c3[2H])c([2H])c2[2H])C2CCN(C([2H])([2H])COC)CC2)c1[2H]. The van der Waals surface area contributed by atoms with Crippen molar-refractivity contribution in [2.75, 3.05) is 33.3 Å². The number of fused-ring (bicyclic) bond motifs is 1. The molecule has 0 atom stereocenters. The maximum absolute atomic E-state index is 15.3. The van der Waals surface area contributed by atoms with Gasteiger partial charge in [-0.2, -0.15) is 13.2 Å². The van der Waals surface area contributed by atoms with Gasteiger partial charge in [0.15, 0.2) is 17.1 Å². The van der Waals surface area contributed by atoms with Crippen LogP contribution in [0, 0.1) is 18.6 Å². The first-order valence-corrected chi connectivity index (χ1v) is 16.9. The number of methoxy groups -OCH3 is 1. The molecule has 0 bridgehead atoms. The Balaban J connectivity index is 1.55. The molecule has 0 saturated carbocycles. The van der Waals surface area contributed by atoms with Crippen LogP contribution >= 0.6 is 11.8 Å². The molecule has 1 amide bonds. The van der Waals surface area contributed by atoms with Gasteiger partial charge in [-0.1, -0.05) is 60.4 Å². The summed E-state index contributed by atoms with van der Waals surface area (Å²) in [6, 6.07) is -16.0. The Kier molecular flexibility index (Phi) is 6.91. The fourth-order valence-corrected chi connectivity index (χ4v) is 6.63. The van der Waals surface area contributed by atoms with Gasteiger partial charge < -0.3 is 19.1 Å². The molecule has 5 aromatic rings. The summed E-state index contributed by atoms with van der Waals surface area (Å²) in [5.41, 5.74) is -7.24. The predicted molar refractivity (Wildman–Crippen MR) is 198 cm³/mol. The van der Waals surface area contributed by atoms with Gasteiger partial charge in [-0.15, -0.1) is 11.8 Å². The van der Waals surface area contributed by atoms with Crippen molar-refractivity contribution < 1.29 is 54.8 Å². The van der Waals surface area contributed by atoms with E-state index < -0.39 is 200 Å². The zero-order valence-corrected chi connectivity index (χ0v) is 28.9. The van der Waals surface area contributed by atoms with E-state index in [4.69, 9.17) is 28.0 Å². The summed E-state index contributed by atoms with van der Waals surface area (Å²) in [5.74, 6) is -5.35. The molecule has 53 heavy (non-hydrogen) atoms. The second kappa shape index (κ2) is 16.7. The van der Waals surface area contributed by atoms with Gasteiger partial charge in [0.25, 0.3) is 0 Å². The van der Waals surface area contributed by atoms with Gasteiger partial charge in [-0.05, 0) is 66.2 Å². The minimum Gasteiger partial charge on any atom is -0.383 e. The van der Waals surface area contributed by atoms with E-state index in [2.05, 4.69) is 0 Å². The zero-order valence-electron chi connectivity index (χ0n) is 45.1. The maximum Gasteiger partial charge on any atom is 0.416 e. The van der Waals surface area contributed by atoms with Crippen molar-refractivity contribution in [1.29, 1.82) is 0 Å². The molecular weight excluding hydrogens is 710 g/mol. The highest BCUT2D eigenvalue weighted by Gasteiger charge is 2.32. The number of thioether (sulfide) groups is 1. The molecule has 0 spiro atoms. The van der Waals surface area contributed by atoms with E-state index in [1.165, 1.54) is 12.0 Å². The zero-order chi connectivity index (χ0) is 52.5. The van der Waals surface area contributed by atoms with Crippen LogP contribution in [0.2, 0.25) is 0 Å². The Morgan fingerprint density at radius 2 is 1.70 bits per heavy atom. The number of ether oxygens (including phenoxy) is 1. The fraction of sp³-hybridized carbons (Fsp3) is 0.317. The van der Waals surface area contributed by atoms with Crippen LogP contribution in [-0.4, -0.2) is 59.6 Å². The summed E-state index contributed by atoms with van der Waals surface area (Å²) in [5, 5.41) is -1.34. The molecule has 1 fully saturated rings. The number of likely N-dealkylation sites (tertiary alicyclic amines) is 1. The first-order valence-electron chi connectivity index (χ1n) is 24.4. The van der Waals surface area contributed by atoms with E-state index in [1.54, 1.807) is 0 Å². The second-order valence-corrected chi connectivity index (χ2v) is 12.7. The molecule has 1 saturated heterocycles. The van der Waals surface area contributed by atoms with E-state index >= 15 is 9.18 Å². The first-order chi connectivity index (χ1) is 32.4. The van der Waals surface area contributed by atoms with Crippen molar-refractivity contribution >= 4 is 28.6 Å². The number of rotatable bonds is 12. The molecule has 4 aromatic carbocycles. The number of piperidine rings is 1. The topological polar surface area (TPSA) is 54.8 Å². The number of halogens is 5. The molecule has 12 heteroatoms. The highest BCUT2D eigenvalue weighted by atomic mass is 32.2. The van der Waals surface area contributed by atoms with Crippen molar-refractivity contribution in [2.24, 2.45) is 0 Å². The predicted octanol–water partition coefficient (Wildman–Crippen LogP) is 8.71. The number of carbonyl (C=O) groups is 1. The van der Waals surface area contributed by atoms with Crippen LogP contribution in [0.15, 0.2) is 100 Å². The lowest BCUT2D eigenvalue weighted by Gasteiger charge is -2.39. The van der Waals surface area contributed by atoms with Gasteiger partial charge in [-0.3, -0.25) is 9.59 Å². The van der Waals surface area contributed by atoms with E-state index in [0.29, 0.717) is 11.8 Å². The van der Waals surface area contributed by atoms with Crippen LogP contribution in [0.4, 0.5) is 22.0 Å². The number of pyridine rings is 1. The first kappa shape index (κ1) is 22.0. The number of amides is 1. The lowest BCUT2D eigenvalue weighted by Crippen LogP contribution is -2.48. The van der Waals surface area contributed by atoms with Crippen LogP contribution in [0.5, 0.6) is 0 Å². The summed E-state index contributed by atoms with van der Waals surface area (Å²) >= 11 is 0.352. The molecule has 2 heterocycles. The molecule has 1 aliphatic heterocycles. The Bertz CT molecular complexity index is 2970. The number of alkyl halides is 3. The van der Waals surface area contributed by atoms with Crippen LogP contribution in [0.3, 0.4) is 0 Å². The Labute approximate surface area is 333 Å². The quantitative estimate of drug-likeness (QED) is 0.0940. The molecular formula is C41H40F5N3O3S. The van der Waals surface area contributed by atoms with Gasteiger partial charge in [0.2, 0.25) is 5.91 Å². The molecule has 1 aromatic heterocycles. The molecule has 6 nitrogen and oxygen atoms in total. The second-order valence-electron chi connectivity index (χ2n) is 11.8. The Morgan fingerprint density at radius 1 is 0.981 bits per heavy atom. The third-order valence-electron chi connectivity index (χ3n) is 8.32. The minimum absolute atomic E-state index is 0.0366. The van der Waals surface area contributed by atoms with Gasteiger partial charge >= 0.3 is 6.18 Å². The molecule has 0 unspecified atom stereocenters. The standard InChI is InChI=1S/C41H40F5N3O3S/c1-27-22-30(14-15-34(27)41(44,45)46)29-12-10-28(11-13-29)24-48(32-16-18-47(19-17-32)20-21-52-2)38(51)25-49-36-9-4-3-7-33(36)37(50)23-39(49)53-26-31-6-5-8-35(42)40(31)43/h3-15,22-23,32H,16-21,24-26H2,1-2H3/i3D,4D,5D,6D,7D,8D,9D,10D,11D,12D,13D,14D,15D,20D2,22D,23D. The van der Waals surface area contributed by atoms with Crippen molar-refractivity contribution in [3.05, 3.63) is 135 Å². The number of aromatic nitrogens is 1. The highest BCUT2D eigenvalue weighted by molar-refractivity contribution is 7.98. The van der Waals surface area contributed by atoms with Crippen molar-refractivity contribution in [1.82, 2.24) is 14.4 Å². The minimum atomic E-state index is -5.17. The Hall–Kier alpha value is -4.52. The fourth-order valence-electron chi connectivity index (χ4n) is 5.67. The summed E-state index contributed by atoms with van der Waals surface area (Å²) in [7, 11) is 1.28. The van der Waals surface area contributed by atoms with Crippen LogP contribution in [0.25, 0.3) is 22.0 Å². The van der Waals surface area contributed by atoms with Crippen LogP contribution < -0.4 is 5.43 Å². The smallest absolute Gasteiger partial charge is 0.383 e. The molecule has 6 rings (SSSR count). The monoisotopic (exact) mass is 766 g/mol. The summed E-state index contributed by atoms with van der Waals surface area (Å²) in [6.45, 7) is -3.46. The maximum atomic E-state index is 15.3. The summed E-state index contributed by atoms with van der Waals surface area (Å²) in [4.78, 5) is 31.4. The van der Waals surface area contributed by atoms with Gasteiger partial charge in [0.1, 0.15) is 6.54 Å². The van der Waals surface area contributed by atoms with Gasteiger partial charge in [0, 0.05) is 64.8 Å². The van der Waals surface area contributed by atoms with Gasteiger partial charge in [0.05, 0.1) is 43.3 Å². The van der Waals surface area contributed by atoms with Crippen molar-refractivity contribution in [3.63, 3.8) is 0 Å². The van der Waals surface area contributed by atoms with E-state index in [-0.39, 0.29) is 32.5 Å². The third-order valence-corrected chi connectivity index (χ3v) is 9.35. The number of benzene rings is 4. The van der Waals surface area contributed by atoms with E-state index in [1.807, 2.05) is 0 Å². The average molecular weight is 767 g/mol. The lowest BCUT2D eigenvalue weighted by atomic mass is 9.98. The molecule has 0 aliphatic carbocycles. The van der Waals surface area contributed by atoms with E-state index in [0.717, 1.165) is 16.4 Å². The summed E-state index contributed by atoms with van der Waals surface area (Å²) in [6.07, 6.45) is -5.24. The van der Waals surface area contributed by atoms with Crippen molar-refractivity contribution in [2.45, 2.75) is 55.9 Å². The number of para-hydroxylation sites is 1. The number of hydrogen-bond acceptors (Lipinski definition) is 5. The average Bonchev–Trinajstić information content (AvgIpc) is 3.30. The number of hydrogen-bond donors (Lipinski definition) is 0. The van der Waals surface area contributed by atoms with Crippen molar-refractivity contribution in [3.8, 4) is 11.1 Å². The largest absolute Gasteiger partial charge is 0.416 e. The summed E-state index contributed by atoms with van der Waals surface area (Å²) < 4.78 is 222. The molecule has 0 radical (unpaired) electrons. The normalized spacial score (nSPS) is 19.0. The van der Waals surface area contributed by atoms with Crippen LogP contribution in [0.1, 0.15) is 58.4 Å². The van der Waals surface area contributed by atoms with Crippen LogP contribution in [-0.2, 0) is 34.6 Å². The number of nitrogens with zero attached hydrogens (tertiary/aromatic N) is 3. The lowest BCUT2D eigenvalue weighted by molar-refractivity contribution is -0.138. The third kappa shape index (κ3) is 9.00. The molecule has 1 aliphatic rings. The molecule has 0 N–H and O–H groups in total.